The van der Waals surface area contributed by atoms with Crippen LogP contribution < -0.4 is 4.74 Å². The smallest absolute Gasteiger partial charge is 0.388 e. The quantitative estimate of drug-likeness (QED) is 0.714. The summed E-state index contributed by atoms with van der Waals surface area (Å²) >= 11 is 0. The maximum atomic E-state index is 11.5. The van der Waals surface area contributed by atoms with Crippen LogP contribution in [-0.2, 0) is 0 Å². The summed E-state index contributed by atoms with van der Waals surface area (Å²) in [5, 5.41) is 13.5. The van der Waals surface area contributed by atoms with Gasteiger partial charge in [0.1, 0.15) is 5.69 Å². The average Bonchev–Trinajstić information content (AvgIpc) is 2.34. The highest BCUT2D eigenvalue weighted by Gasteiger charge is 2.11. The van der Waals surface area contributed by atoms with Crippen LogP contribution in [0, 0.1) is 0 Å². The SMILES string of the molecule is O=C(O)c1cc(OC(F)F)n[nH]1. The van der Waals surface area contributed by atoms with Crippen molar-refractivity contribution in [3.05, 3.63) is 11.8 Å². The van der Waals surface area contributed by atoms with E-state index in [0.717, 1.165) is 6.07 Å². The van der Waals surface area contributed by atoms with Crippen molar-refractivity contribution in [2.45, 2.75) is 6.61 Å². The molecular formula is C5H4F2N2O3. The highest BCUT2D eigenvalue weighted by molar-refractivity contribution is 5.85. The second-order valence-corrected chi connectivity index (χ2v) is 1.80. The molecule has 0 aliphatic heterocycles. The maximum Gasteiger partial charge on any atom is 0.388 e. The summed E-state index contributed by atoms with van der Waals surface area (Å²) in [4.78, 5) is 10.2. The molecule has 12 heavy (non-hydrogen) atoms. The van der Waals surface area contributed by atoms with Crippen molar-refractivity contribution in [2.75, 3.05) is 0 Å². The summed E-state index contributed by atoms with van der Waals surface area (Å²) < 4.78 is 26.8. The number of hydrogen-bond acceptors (Lipinski definition) is 3. The monoisotopic (exact) mass is 178 g/mol. The molecule has 1 aromatic rings. The van der Waals surface area contributed by atoms with Gasteiger partial charge >= 0.3 is 12.6 Å². The molecule has 0 aliphatic rings. The van der Waals surface area contributed by atoms with Crippen LogP contribution in [0.25, 0.3) is 0 Å². The first-order valence-electron chi connectivity index (χ1n) is 2.83. The fraction of sp³-hybridized carbons (Fsp3) is 0.200. The Labute approximate surface area is 65.0 Å². The molecule has 0 aromatic carbocycles. The van der Waals surface area contributed by atoms with Gasteiger partial charge in [0.05, 0.1) is 0 Å². The van der Waals surface area contributed by atoms with Crippen LogP contribution in [0.1, 0.15) is 10.5 Å². The average molecular weight is 178 g/mol. The molecule has 0 unspecified atom stereocenters. The van der Waals surface area contributed by atoms with E-state index < -0.39 is 18.5 Å². The highest BCUT2D eigenvalue weighted by atomic mass is 19.3. The van der Waals surface area contributed by atoms with Gasteiger partial charge in [0.25, 0.3) is 0 Å². The number of nitrogens with one attached hydrogen (secondary N) is 1. The zero-order valence-corrected chi connectivity index (χ0v) is 5.62. The predicted octanol–water partition coefficient (Wildman–Crippen LogP) is 0.709. The van der Waals surface area contributed by atoms with Crippen LogP contribution in [0.4, 0.5) is 8.78 Å². The van der Waals surface area contributed by atoms with Crippen molar-refractivity contribution in [1.82, 2.24) is 10.2 Å². The molecular weight excluding hydrogens is 174 g/mol. The van der Waals surface area contributed by atoms with Gasteiger partial charge in [-0.1, -0.05) is 0 Å². The van der Waals surface area contributed by atoms with E-state index in [9.17, 15) is 13.6 Å². The van der Waals surface area contributed by atoms with Crippen LogP contribution in [-0.4, -0.2) is 27.9 Å². The van der Waals surface area contributed by atoms with E-state index in [1.807, 2.05) is 5.10 Å². The fourth-order valence-electron chi connectivity index (χ4n) is 0.565. The number of nitrogens with zero attached hydrogens (tertiary/aromatic N) is 1. The summed E-state index contributed by atoms with van der Waals surface area (Å²) in [6, 6.07) is 0.870. The minimum absolute atomic E-state index is 0.300. The minimum Gasteiger partial charge on any atom is -0.477 e. The number of aromatic amines is 1. The lowest BCUT2D eigenvalue weighted by Gasteiger charge is -1.96. The first-order chi connectivity index (χ1) is 5.59. The van der Waals surface area contributed by atoms with Crippen LogP contribution >= 0.6 is 0 Å². The first-order valence-corrected chi connectivity index (χ1v) is 2.83. The Morgan fingerprint density at radius 1 is 1.75 bits per heavy atom. The molecule has 0 spiro atoms. The molecule has 0 fully saturated rings. The summed E-state index contributed by atoms with van der Waals surface area (Å²) in [5.41, 5.74) is -0.300. The third kappa shape index (κ3) is 1.91. The maximum absolute atomic E-state index is 11.5. The number of halogens is 2. The van der Waals surface area contributed by atoms with Gasteiger partial charge in [-0.15, -0.1) is 5.10 Å². The Bertz CT molecular complexity index is 286. The molecule has 2 N–H and O–H groups in total. The van der Waals surface area contributed by atoms with Crippen molar-refractivity contribution in [1.29, 1.82) is 0 Å². The lowest BCUT2D eigenvalue weighted by atomic mass is 10.4. The van der Waals surface area contributed by atoms with E-state index in [1.165, 1.54) is 0 Å². The van der Waals surface area contributed by atoms with E-state index in [1.54, 1.807) is 0 Å². The Morgan fingerprint density at radius 3 is 2.83 bits per heavy atom. The van der Waals surface area contributed by atoms with Crippen molar-refractivity contribution in [2.24, 2.45) is 0 Å². The summed E-state index contributed by atoms with van der Waals surface area (Å²) in [5.74, 6) is -1.73. The first kappa shape index (κ1) is 8.44. The van der Waals surface area contributed by atoms with Gasteiger partial charge in [0.2, 0.25) is 5.88 Å². The van der Waals surface area contributed by atoms with E-state index in [2.05, 4.69) is 9.84 Å². The molecule has 1 aromatic heterocycles. The van der Waals surface area contributed by atoms with Gasteiger partial charge in [0.15, 0.2) is 0 Å². The molecule has 1 rings (SSSR count). The van der Waals surface area contributed by atoms with E-state index in [-0.39, 0.29) is 5.69 Å². The molecule has 1 heterocycles. The minimum atomic E-state index is -3.00. The van der Waals surface area contributed by atoms with Crippen molar-refractivity contribution in [3.8, 4) is 5.88 Å². The van der Waals surface area contributed by atoms with Gasteiger partial charge in [-0.2, -0.15) is 8.78 Å². The second kappa shape index (κ2) is 3.16. The Balaban J connectivity index is 2.71. The Morgan fingerprint density at radius 2 is 2.42 bits per heavy atom. The number of H-pyrrole nitrogens is 1. The third-order valence-electron chi connectivity index (χ3n) is 0.995. The van der Waals surface area contributed by atoms with Gasteiger partial charge in [-0.25, -0.2) is 4.79 Å². The van der Waals surface area contributed by atoms with E-state index >= 15 is 0 Å². The number of hydrogen-bond donors (Lipinski definition) is 2. The van der Waals surface area contributed by atoms with Crippen molar-refractivity contribution >= 4 is 5.97 Å². The van der Waals surface area contributed by atoms with Crippen LogP contribution in [0.2, 0.25) is 0 Å². The van der Waals surface area contributed by atoms with Crippen LogP contribution in [0.3, 0.4) is 0 Å². The number of aromatic nitrogens is 2. The zero-order valence-electron chi connectivity index (χ0n) is 5.62. The fourth-order valence-corrected chi connectivity index (χ4v) is 0.565. The van der Waals surface area contributed by atoms with Gasteiger partial charge in [0, 0.05) is 6.07 Å². The molecule has 5 nitrogen and oxygen atoms in total. The van der Waals surface area contributed by atoms with Crippen molar-refractivity contribution < 1.29 is 23.4 Å². The normalized spacial score (nSPS) is 10.2. The molecule has 0 amide bonds. The zero-order chi connectivity index (χ0) is 9.14. The lowest BCUT2D eigenvalue weighted by molar-refractivity contribution is -0.0529. The molecule has 0 bridgehead atoms. The van der Waals surface area contributed by atoms with Crippen molar-refractivity contribution in [3.63, 3.8) is 0 Å². The number of carbonyl (C=O) groups is 1. The van der Waals surface area contributed by atoms with Gasteiger partial charge < -0.3 is 9.84 Å². The third-order valence-corrected chi connectivity index (χ3v) is 0.995. The number of carboxylic acid groups (broad SMARTS) is 1. The predicted molar refractivity (Wildman–Crippen MR) is 32.2 cm³/mol. The lowest BCUT2D eigenvalue weighted by Crippen LogP contribution is -2.01. The number of alkyl halides is 2. The van der Waals surface area contributed by atoms with E-state index in [0.29, 0.717) is 0 Å². The second-order valence-electron chi connectivity index (χ2n) is 1.80. The summed E-state index contributed by atoms with van der Waals surface area (Å²) in [7, 11) is 0. The standard InChI is InChI=1S/C5H4F2N2O3/c6-5(7)12-3-1-2(4(10)11)8-9-3/h1,5H,(H,8,9)(H,10,11). The summed E-state index contributed by atoms with van der Waals surface area (Å²) in [6.45, 7) is -3.00. The topological polar surface area (TPSA) is 75.2 Å². The Hall–Kier alpha value is -1.66. The van der Waals surface area contributed by atoms with Gasteiger partial charge in [-0.05, 0) is 0 Å². The molecule has 0 radical (unpaired) electrons. The largest absolute Gasteiger partial charge is 0.477 e. The van der Waals surface area contributed by atoms with E-state index in [4.69, 9.17) is 5.11 Å². The molecule has 66 valence electrons. The van der Waals surface area contributed by atoms with Crippen LogP contribution in [0.5, 0.6) is 5.88 Å². The molecule has 0 aliphatic carbocycles. The molecule has 0 saturated carbocycles. The number of ether oxygens (including phenoxy) is 1. The molecule has 0 saturated heterocycles. The number of carboxylic acids is 1. The van der Waals surface area contributed by atoms with Crippen LogP contribution in [0.15, 0.2) is 6.07 Å². The molecule has 7 heteroatoms. The Kier molecular flexibility index (Phi) is 2.22. The molecule has 0 atom stereocenters. The summed E-state index contributed by atoms with van der Waals surface area (Å²) in [6.07, 6.45) is 0. The number of aromatic carboxylic acids is 1. The highest BCUT2D eigenvalue weighted by Crippen LogP contribution is 2.10. The number of rotatable bonds is 3. The van der Waals surface area contributed by atoms with Gasteiger partial charge in [-0.3, -0.25) is 5.10 Å².